The maximum atomic E-state index is 5.03. The Labute approximate surface area is 87.4 Å². The van der Waals surface area contributed by atoms with Crippen LogP contribution in [0.4, 0.5) is 0 Å². The molecule has 1 aromatic carbocycles. The fraction of sp³-hybridized carbons (Fsp3) is 0.111. The van der Waals surface area contributed by atoms with Crippen molar-refractivity contribution in [3.05, 3.63) is 33.3 Å². The van der Waals surface area contributed by atoms with Crippen LogP contribution in [0.25, 0.3) is 10.1 Å². The third kappa shape index (κ3) is 1.97. The standard InChI is InChI=1S/C9H8N2SSe/c1-6-3-2-4-7(5-6)8-10-11-9(12)13-8/h2-5H,1H3,(H,11,12). The number of benzene rings is 1. The van der Waals surface area contributed by atoms with Crippen molar-refractivity contribution in [3.8, 4) is 10.1 Å². The monoisotopic (exact) mass is 256 g/mol. The summed E-state index contributed by atoms with van der Waals surface area (Å²) in [7, 11) is 0. The van der Waals surface area contributed by atoms with Crippen LogP contribution in [0.2, 0.25) is 0 Å². The van der Waals surface area contributed by atoms with Gasteiger partial charge in [-0.15, -0.1) is 0 Å². The molecule has 0 saturated heterocycles. The average Bonchev–Trinajstić information content (AvgIpc) is 2.52. The topological polar surface area (TPSA) is 28.7 Å². The van der Waals surface area contributed by atoms with Crippen molar-refractivity contribution >= 4 is 26.7 Å². The molecule has 66 valence electrons. The molecule has 0 atom stereocenters. The first kappa shape index (κ1) is 8.88. The summed E-state index contributed by atoms with van der Waals surface area (Å²) < 4.78 is 1.96. The zero-order chi connectivity index (χ0) is 9.26. The first-order chi connectivity index (χ1) is 6.25. The van der Waals surface area contributed by atoms with E-state index in [2.05, 4.69) is 35.3 Å². The van der Waals surface area contributed by atoms with Gasteiger partial charge in [0.1, 0.15) is 0 Å². The Hall–Kier alpha value is -0.701. The molecule has 0 fully saturated rings. The summed E-state index contributed by atoms with van der Waals surface area (Å²) in [6, 6.07) is 8.34. The fourth-order valence-electron chi connectivity index (χ4n) is 1.13. The number of nitrogens with zero attached hydrogens (tertiary/aromatic N) is 1. The zero-order valence-electron chi connectivity index (χ0n) is 7.07. The molecule has 0 spiro atoms. The molecule has 0 aliphatic heterocycles. The van der Waals surface area contributed by atoms with Gasteiger partial charge in [0.25, 0.3) is 0 Å². The zero-order valence-corrected chi connectivity index (χ0v) is 9.60. The Kier molecular flexibility index (Phi) is 2.44. The molecule has 1 aromatic heterocycles. The van der Waals surface area contributed by atoms with Gasteiger partial charge in [-0.25, -0.2) is 0 Å². The molecule has 1 heterocycles. The first-order valence-electron chi connectivity index (χ1n) is 3.88. The maximum absolute atomic E-state index is 5.03. The van der Waals surface area contributed by atoms with Crippen LogP contribution in [0.3, 0.4) is 0 Å². The van der Waals surface area contributed by atoms with E-state index in [0.29, 0.717) is 0 Å². The molecule has 0 aliphatic rings. The molecule has 1 N–H and O–H groups in total. The number of hydrogen-bond donors (Lipinski definition) is 1. The Bertz CT molecular complexity index is 472. The van der Waals surface area contributed by atoms with Crippen molar-refractivity contribution in [1.29, 1.82) is 0 Å². The SMILES string of the molecule is Cc1cccc(-c2n[nH]c(=S)[se]2)c1. The van der Waals surface area contributed by atoms with Gasteiger partial charge >= 0.3 is 87.3 Å². The van der Waals surface area contributed by atoms with E-state index in [0.717, 1.165) is 8.08 Å². The third-order valence-corrected chi connectivity index (χ3v) is 3.90. The van der Waals surface area contributed by atoms with E-state index in [1.165, 1.54) is 11.1 Å². The van der Waals surface area contributed by atoms with Gasteiger partial charge in [0, 0.05) is 0 Å². The molecule has 13 heavy (non-hydrogen) atoms. The van der Waals surface area contributed by atoms with Gasteiger partial charge < -0.3 is 0 Å². The van der Waals surface area contributed by atoms with Gasteiger partial charge in [0.2, 0.25) is 0 Å². The molecule has 2 aromatic rings. The van der Waals surface area contributed by atoms with E-state index < -0.39 is 0 Å². The number of hydrogen-bond acceptors (Lipinski definition) is 2. The quantitative estimate of drug-likeness (QED) is 0.625. The van der Waals surface area contributed by atoms with Gasteiger partial charge in [-0.3, -0.25) is 0 Å². The summed E-state index contributed by atoms with van der Waals surface area (Å²) in [6.07, 6.45) is 0. The molecule has 4 heteroatoms. The van der Waals surface area contributed by atoms with Crippen molar-refractivity contribution in [2.24, 2.45) is 0 Å². The van der Waals surface area contributed by atoms with Gasteiger partial charge in [0.15, 0.2) is 0 Å². The van der Waals surface area contributed by atoms with Gasteiger partial charge in [-0.05, 0) is 0 Å². The molecule has 0 aliphatic carbocycles. The Morgan fingerprint density at radius 2 is 2.31 bits per heavy atom. The van der Waals surface area contributed by atoms with Crippen molar-refractivity contribution in [2.45, 2.75) is 6.92 Å². The van der Waals surface area contributed by atoms with Crippen LogP contribution < -0.4 is 0 Å². The predicted octanol–water partition coefficient (Wildman–Crippen LogP) is 2.17. The second-order valence-corrected chi connectivity index (χ2v) is 5.88. The van der Waals surface area contributed by atoms with Crippen LogP contribution in [-0.4, -0.2) is 24.7 Å². The van der Waals surface area contributed by atoms with Crippen LogP contribution >= 0.6 is 12.2 Å². The van der Waals surface area contributed by atoms with Gasteiger partial charge in [-0.2, -0.15) is 0 Å². The summed E-state index contributed by atoms with van der Waals surface area (Å²) in [5, 5.41) is 7.02. The Balaban J connectivity index is 2.52. The molecule has 0 unspecified atom stereocenters. The molecular formula is C9H8N2SSe. The number of rotatable bonds is 1. The molecule has 0 bridgehead atoms. The minimum atomic E-state index is 0.211. The summed E-state index contributed by atoms with van der Waals surface area (Å²) in [5.41, 5.74) is 2.45. The second-order valence-electron chi connectivity index (χ2n) is 2.79. The normalized spacial score (nSPS) is 10.2. The van der Waals surface area contributed by atoms with Crippen LogP contribution in [0.5, 0.6) is 0 Å². The van der Waals surface area contributed by atoms with Crippen molar-refractivity contribution in [3.63, 3.8) is 0 Å². The first-order valence-corrected chi connectivity index (χ1v) is 6.00. The van der Waals surface area contributed by atoms with Crippen molar-refractivity contribution in [2.75, 3.05) is 0 Å². The van der Waals surface area contributed by atoms with Crippen LogP contribution in [0, 0.1) is 10.4 Å². The number of aromatic amines is 1. The predicted molar refractivity (Wildman–Crippen MR) is 56.5 cm³/mol. The van der Waals surface area contributed by atoms with E-state index >= 15 is 0 Å². The van der Waals surface area contributed by atoms with Crippen LogP contribution in [0.1, 0.15) is 5.56 Å². The minimum absolute atomic E-state index is 0.211. The summed E-state index contributed by atoms with van der Waals surface area (Å²) in [5.74, 6) is 0. The van der Waals surface area contributed by atoms with Crippen molar-refractivity contribution < 1.29 is 0 Å². The molecule has 2 rings (SSSR count). The van der Waals surface area contributed by atoms with Gasteiger partial charge in [-0.1, -0.05) is 0 Å². The molecule has 2 nitrogen and oxygen atoms in total. The third-order valence-electron chi connectivity index (χ3n) is 1.70. The summed E-state index contributed by atoms with van der Waals surface area (Å²) >= 11 is 5.24. The van der Waals surface area contributed by atoms with E-state index in [4.69, 9.17) is 12.2 Å². The average molecular weight is 255 g/mol. The number of aromatic nitrogens is 2. The summed E-state index contributed by atoms with van der Waals surface area (Å²) in [6.45, 7) is 2.08. The number of H-pyrrole nitrogens is 1. The second kappa shape index (κ2) is 3.58. The number of nitrogens with one attached hydrogen (secondary N) is 1. The fourth-order valence-corrected chi connectivity index (χ4v) is 2.85. The molecule has 0 amide bonds. The van der Waals surface area contributed by atoms with Gasteiger partial charge in [0.05, 0.1) is 0 Å². The Morgan fingerprint density at radius 1 is 1.46 bits per heavy atom. The molecule has 0 radical (unpaired) electrons. The number of aryl methyl sites for hydroxylation is 1. The molecule has 0 saturated carbocycles. The Morgan fingerprint density at radius 3 is 2.92 bits per heavy atom. The van der Waals surface area contributed by atoms with Crippen molar-refractivity contribution in [1.82, 2.24) is 10.2 Å². The van der Waals surface area contributed by atoms with E-state index in [-0.39, 0.29) is 14.5 Å². The van der Waals surface area contributed by atoms with E-state index in [1.807, 2.05) is 6.07 Å². The van der Waals surface area contributed by atoms with E-state index in [9.17, 15) is 0 Å². The summed E-state index contributed by atoms with van der Waals surface area (Å²) in [4.78, 5) is 0. The van der Waals surface area contributed by atoms with E-state index in [1.54, 1.807) is 0 Å². The van der Waals surface area contributed by atoms with Crippen LogP contribution in [-0.2, 0) is 0 Å². The van der Waals surface area contributed by atoms with Crippen LogP contribution in [0.15, 0.2) is 24.3 Å². The molecular weight excluding hydrogens is 247 g/mol.